The van der Waals surface area contributed by atoms with Gasteiger partial charge in [0.05, 0.1) is 11.6 Å². The van der Waals surface area contributed by atoms with Gasteiger partial charge in [0, 0.05) is 40.2 Å². The van der Waals surface area contributed by atoms with E-state index in [1.807, 2.05) is 60.1 Å². The number of para-hydroxylation sites is 2. The molecule has 0 spiro atoms. The van der Waals surface area contributed by atoms with Crippen LogP contribution in [0.4, 0.5) is 10.8 Å². The van der Waals surface area contributed by atoms with Crippen LogP contribution in [-0.4, -0.2) is 21.8 Å². The molecule has 5 rings (SSSR count). The van der Waals surface area contributed by atoms with Gasteiger partial charge in [0.25, 0.3) is 0 Å². The van der Waals surface area contributed by atoms with E-state index in [2.05, 4.69) is 20.6 Å². The van der Waals surface area contributed by atoms with Gasteiger partial charge in [-0.3, -0.25) is 9.59 Å². The van der Waals surface area contributed by atoms with Gasteiger partial charge in [-0.15, -0.1) is 11.3 Å². The van der Waals surface area contributed by atoms with Gasteiger partial charge in [-0.25, -0.2) is 4.98 Å². The van der Waals surface area contributed by atoms with Crippen molar-refractivity contribution in [3.8, 4) is 11.3 Å². The lowest BCUT2D eigenvalue weighted by molar-refractivity contribution is -0.123. The molecule has 138 valence electrons. The minimum Gasteiger partial charge on any atom is -0.360 e. The fourth-order valence-corrected chi connectivity index (χ4v) is 4.29. The van der Waals surface area contributed by atoms with E-state index in [4.69, 9.17) is 0 Å². The normalized spacial score (nSPS) is 15.9. The molecule has 2 aromatic carbocycles. The number of aromatic nitrogens is 2. The number of hydrogen-bond acceptors (Lipinski definition) is 4. The maximum atomic E-state index is 12.9. The lowest BCUT2D eigenvalue weighted by Crippen LogP contribution is -2.30. The van der Waals surface area contributed by atoms with Gasteiger partial charge in [0.15, 0.2) is 5.13 Å². The number of nitrogens with one attached hydrogen (secondary N) is 3. The Morgan fingerprint density at radius 1 is 1.14 bits per heavy atom. The predicted molar refractivity (Wildman–Crippen MR) is 110 cm³/mol. The molecule has 0 bridgehead atoms. The number of anilines is 2. The zero-order valence-corrected chi connectivity index (χ0v) is 15.5. The van der Waals surface area contributed by atoms with Gasteiger partial charge < -0.3 is 15.6 Å². The maximum Gasteiger partial charge on any atom is 0.234 e. The van der Waals surface area contributed by atoms with Crippen molar-refractivity contribution in [1.29, 1.82) is 0 Å². The zero-order valence-electron chi connectivity index (χ0n) is 14.7. The Hall–Kier alpha value is -3.45. The van der Waals surface area contributed by atoms with E-state index >= 15 is 0 Å². The highest BCUT2D eigenvalue weighted by Crippen LogP contribution is 2.34. The lowest BCUT2D eigenvalue weighted by atomic mass is 9.90. The van der Waals surface area contributed by atoms with E-state index in [0.29, 0.717) is 10.8 Å². The highest BCUT2D eigenvalue weighted by Gasteiger charge is 2.30. The lowest BCUT2D eigenvalue weighted by Gasteiger charge is -2.24. The van der Waals surface area contributed by atoms with E-state index in [1.165, 1.54) is 11.3 Å². The third kappa shape index (κ3) is 2.86. The molecule has 28 heavy (non-hydrogen) atoms. The minimum absolute atomic E-state index is 0.128. The number of fused-ring (bicyclic) bond motifs is 2. The molecule has 6 nitrogen and oxygen atoms in total. The predicted octanol–water partition coefficient (Wildman–Crippen LogP) is 4.36. The second-order valence-corrected chi connectivity index (χ2v) is 7.53. The van der Waals surface area contributed by atoms with Crippen molar-refractivity contribution in [1.82, 2.24) is 9.97 Å². The van der Waals surface area contributed by atoms with Crippen molar-refractivity contribution in [2.45, 2.75) is 12.3 Å². The summed E-state index contributed by atoms with van der Waals surface area (Å²) < 4.78 is 0. The molecule has 2 aromatic heterocycles. The van der Waals surface area contributed by atoms with Crippen LogP contribution in [-0.2, 0) is 9.59 Å². The monoisotopic (exact) mass is 388 g/mol. The van der Waals surface area contributed by atoms with Gasteiger partial charge in [0.1, 0.15) is 0 Å². The van der Waals surface area contributed by atoms with E-state index in [0.717, 1.165) is 27.7 Å². The molecule has 0 radical (unpaired) electrons. The molecule has 2 amide bonds. The topological polar surface area (TPSA) is 86.9 Å². The fraction of sp³-hybridized carbons (Fsp3) is 0.0952. The van der Waals surface area contributed by atoms with Crippen molar-refractivity contribution in [3.05, 3.63) is 65.7 Å². The Labute approximate surface area is 164 Å². The van der Waals surface area contributed by atoms with Crippen molar-refractivity contribution in [2.75, 3.05) is 10.6 Å². The van der Waals surface area contributed by atoms with E-state index < -0.39 is 5.92 Å². The van der Waals surface area contributed by atoms with Crippen LogP contribution in [0.1, 0.15) is 17.9 Å². The smallest absolute Gasteiger partial charge is 0.234 e. The van der Waals surface area contributed by atoms with Gasteiger partial charge in [-0.05, 0) is 17.7 Å². The van der Waals surface area contributed by atoms with Crippen LogP contribution in [0, 0.1) is 0 Å². The SMILES string of the molecule is O=C1CC(C(=O)Nc2nc(-c3c[nH]c4ccccc34)cs2)c2ccccc2N1. The first-order valence-corrected chi connectivity index (χ1v) is 9.78. The number of H-pyrrole nitrogens is 1. The quantitative estimate of drug-likeness (QED) is 0.487. The number of aromatic amines is 1. The minimum atomic E-state index is -0.523. The summed E-state index contributed by atoms with van der Waals surface area (Å²) in [5.41, 5.74) is 4.36. The molecule has 4 aromatic rings. The summed E-state index contributed by atoms with van der Waals surface area (Å²) in [7, 11) is 0. The summed E-state index contributed by atoms with van der Waals surface area (Å²) in [6.07, 6.45) is 2.05. The first kappa shape index (κ1) is 16.7. The largest absolute Gasteiger partial charge is 0.360 e. The highest BCUT2D eigenvalue weighted by molar-refractivity contribution is 7.14. The molecule has 1 atom stereocenters. The van der Waals surface area contributed by atoms with Crippen molar-refractivity contribution in [3.63, 3.8) is 0 Å². The number of carbonyl (C=O) groups is 2. The van der Waals surface area contributed by atoms with Crippen LogP contribution in [0.5, 0.6) is 0 Å². The molecule has 1 unspecified atom stereocenters. The molecular weight excluding hydrogens is 372 g/mol. The summed E-state index contributed by atoms with van der Waals surface area (Å²) in [6.45, 7) is 0. The average Bonchev–Trinajstić information content (AvgIpc) is 3.33. The van der Waals surface area contributed by atoms with Gasteiger partial charge in [0.2, 0.25) is 11.8 Å². The molecule has 3 N–H and O–H groups in total. The standard InChI is InChI=1S/C21H16N4O2S/c26-19-9-14(12-5-2-4-8-17(12)23-19)20(27)25-21-24-18(11-28-21)15-10-22-16-7-3-1-6-13(15)16/h1-8,10-11,14,22H,9H2,(H,23,26)(H,24,25,27). The number of benzene rings is 2. The molecule has 0 saturated heterocycles. The number of nitrogens with zero attached hydrogens (tertiary/aromatic N) is 1. The van der Waals surface area contributed by atoms with Crippen molar-refractivity contribution in [2.24, 2.45) is 0 Å². The van der Waals surface area contributed by atoms with E-state index in [-0.39, 0.29) is 18.2 Å². The Balaban J connectivity index is 1.41. The number of thiazole rings is 1. The average molecular weight is 388 g/mol. The fourth-order valence-electron chi connectivity index (χ4n) is 3.58. The number of rotatable bonds is 3. The summed E-state index contributed by atoms with van der Waals surface area (Å²) in [4.78, 5) is 32.6. The van der Waals surface area contributed by atoms with Crippen LogP contribution >= 0.6 is 11.3 Å². The molecular formula is C21H16N4O2S. The molecule has 0 saturated carbocycles. The first-order chi connectivity index (χ1) is 13.7. The molecule has 0 fully saturated rings. The number of amides is 2. The van der Waals surface area contributed by atoms with E-state index in [1.54, 1.807) is 0 Å². The van der Waals surface area contributed by atoms with E-state index in [9.17, 15) is 9.59 Å². The summed E-state index contributed by atoms with van der Waals surface area (Å²) >= 11 is 1.37. The van der Waals surface area contributed by atoms with Gasteiger partial charge >= 0.3 is 0 Å². The maximum absolute atomic E-state index is 12.9. The highest BCUT2D eigenvalue weighted by atomic mass is 32.1. The second-order valence-electron chi connectivity index (χ2n) is 6.67. The Morgan fingerprint density at radius 2 is 1.96 bits per heavy atom. The van der Waals surface area contributed by atoms with Gasteiger partial charge in [-0.1, -0.05) is 36.4 Å². The summed E-state index contributed by atoms with van der Waals surface area (Å²) in [6, 6.07) is 15.4. The number of hydrogen-bond donors (Lipinski definition) is 3. The van der Waals surface area contributed by atoms with Crippen LogP contribution in [0.15, 0.2) is 60.1 Å². The third-order valence-electron chi connectivity index (χ3n) is 4.92. The van der Waals surface area contributed by atoms with Crippen LogP contribution < -0.4 is 10.6 Å². The van der Waals surface area contributed by atoms with Crippen LogP contribution in [0.2, 0.25) is 0 Å². The summed E-state index contributed by atoms with van der Waals surface area (Å²) in [5, 5.41) is 9.23. The molecule has 0 aliphatic carbocycles. The third-order valence-corrected chi connectivity index (χ3v) is 5.67. The second kappa shape index (κ2) is 6.61. The van der Waals surface area contributed by atoms with Crippen LogP contribution in [0.3, 0.4) is 0 Å². The molecule has 1 aliphatic heterocycles. The summed E-state index contributed by atoms with van der Waals surface area (Å²) in [5.74, 6) is -0.898. The molecule has 3 heterocycles. The Morgan fingerprint density at radius 3 is 2.89 bits per heavy atom. The molecule has 7 heteroatoms. The molecule has 1 aliphatic rings. The Kier molecular flexibility index (Phi) is 3.95. The van der Waals surface area contributed by atoms with Gasteiger partial charge in [-0.2, -0.15) is 0 Å². The van der Waals surface area contributed by atoms with Crippen molar-refractivity contribution >= 4 is 44.9 Å². The number of carbonyl (C=O) groups excluding carboxylic acids is 2. The first-order valence-electron chi connectivity index (χ1n) is 8.91. The van der Waals surface area contributed by atoms with Crippen molar-refractivity contribution < 1.29 is 9.59 Å². The zero-order chi connectivity index (χ0) is 19.1. The van der Waals surface area contributed by atoms with Crippen LogP contribution in [0.25, 0.3) is 22.2 Å². The Bertz CT molecular complexity index is 1210.